The molecule has 1 heterocycles. The first-order chi connectivity index (χ1) is 8.36. The molecule has 0 N–H and O–H groups in total. The van der Waals surface area contributed by atoms with Crippen molar-refractivity contribution in [1.82, 2.24) is 4.57 Å². The summed E-state index contributed by atoms with van der Waals surface area (Å²) < 4.78 is 2.41. The van der Waals surface area contributed by atoms with Crippen molar-refractivity contribution in [3.05, 3.63) is 35.5 Å². The van der Waals surface area contributed by atoms with Crippen LogP contribution in [0.1, 0.15) is 44.6 Å². The molecule has 1 aliphatic carbocycles. The van der Waals surface area contributed by atoms with Crippen molar-refractivity contribution in [2.24, 2.45) is 0 Å². The predicted molar refractivity (Wildman–Crippen MR) is 73.7 cm³/mol. The Morgan fingerprint density at radius 1 is 1.00 bits per heavy atom. The maximum Gasteiger partial charge on any atom is 0.0672 e. The fourth-order valence-electron chi connectivity index (χ4n) is 3.01. The molecule has 0 atom stereocenters. The molecule has 17 heavy (non-hydrogen) atoms. The van der Waals surface area contributed by atoms with Crippen LogP contribution in [0.2, 0.25) is 5.02 Å². The number of hydrogen-bond donors (Lipinski definition) is 0. The third kappa shape index (κ3) is 2.09. The Labute approximate surface area is 107 Å². The summed E-state index contributed by atoms with van der Waals surface area (Å²) >= 11 is 6.34. The van der Waals surface area contributed by atoms with Crippen LogP contribution in [0.3, 0.4) is 0 Å². The minimum atomic E-state index is 0.648. The van der Waals surface area contributed by atoms with E-state index in [-0.39, 0.29) is 0 Å². The molecule has 1 nitrogen and oxygen atoms in total. The summed E-state index contributed by atoms with van der Waals surface area (Å²) in [5, 5.41) is 2.15. The number of benzene rings is 1. The molecule has 90 valence electrons. The van der Waals surface area contributed by atoms with Gasteiger partial charge in [-0.1, -0.05) is 49.4 Å². The van der Waals surface area contributed by atoms with Crippen LogP contribution in [-0.4, -0.2) is 4.57 Å². The quantitative estimate of drug-likeness (QED) is 0.611. The van der Waals surface area contributed by atoms with Crippen LogP contribution >= 0.6 is 11.6 Å². The van der Waals surface area contributed by atoms with Crippen LogP contribution in [0.4, 0.5) is 0 Å². The second-order valence-corrected chi connectivity index (χ2v) is 5.45. The average Bonchev–Trinajstić information content (AvgIpc) is 2.59. The second kappa shape index (κ2) is 4.73. The van der Waals surface area contributed by atoms with Crippen molar-refractivity contribution in [2.45, 2.75) is 44.6 Å². The zero-order valence-corrected chi connectivity index (χ0v) is 10.8. The van der Waals surface area contributed by atoms with Gasteiger partial charge in [-0.05, 0) is 25.0 Å². The monoisotopic (exact) mass is 247 g/mol. The highest BCUT2D eigenvalue weighted by molar-refractivity contribution is 6.35. The summed E-state index contributed by atoms with van der Waals surface area (Å²) in [6.07, 6.45) is 10.3. The molecule has 2 heteroatoms. The van der Waals surface area contributed by atoms with Gasteiger partial charge in [0, 0.05) is 17.6 Å². The van der Waals surface area contributed by atoms with Crippen molar-refractivity contribution in [1.29, 1.82) is 0 Å². The summed E-state index contributed by atoms with van der Waals surface area (Å²) in [5.74, 6) is 0. The SMILES string of the molecule is Clc1cccc2ccn(C3CCCCCC3)c12. The molecular weight excluding hydrogens is 230 g/mol. The molecule has 1 saturated carbocycles. The van der Waals surface area contributed by atoms with Crippen molar-refractivity contribution in [2.75, 3.05) is 0 Å². The molecule has 1 aliphatic rings. The van der Waals surface area contributed by atoms with Crippen molar-refractivity contribution in [3.8, 4) is 0 Å². The fourth-order valence-corrected chi connectivity index (χ4v) is 3.29. The summed E-state index contributed by atoms with van der Waals surface area (Å²) in [6.45, 7) is 0. The van der Waals surface area contributed by atoms with E-state index in [1.54, 1.807) is 0 Å². The molecule has 1 fully saturated rings. The van der Waals surface area contributed by atoms with E-state index in [0.717, 1.165) is 5.02 Å². The number of fused-ring (bicyclic) bond motifs is 1. The van der Waals surface area contributed by atoms with E-state index in [4.69, 9.17) is 11.6 Å². The first kappa shape index (κ1) is 11.2. The largest absolute Gasteiger partial charge is 0.343 e. The van der Waals surface area contributed by atoms with Gasteiger partial charge in [0.1, 0.15) is 0 Å². The molecule has 1 aromatic carbocycles. The van der Waals surface area contributed by atoms with Gasteiger partial charge in [-0.2, -0.15) is 0 Å². The minimum Gasteiger partial charge on any atom is -0.343 e. The molecule has 0 spiro atoms. The van der Waals surface area contributed by atoms with Crippen molar-refractivity contribution in [3.63, 3.8) is 0 Å². The first-order valence-electron chi connectivity index (χ1n) is 6.61. The lowest BCUT2D eigenvalue weighted by Gasteiger charge is -2.18. The van der Waals surface area contributed by atoms with Gasteiger partial charge >= 0.3 is 0 Å². The number of nitrogens with zero attached hydrogens (tertiary/aromatic N) is 1. The molecule has 0 radical (unpaired) electrons. The second-order valence-electron chi connectivity index (χ2n) is 5.05. The van der Waals surface area contributed by atoms with Crippen LogP contribution in [-0.2, 0) is 0 Å². The Bertz CT molecular complexity index is 507. The van der Waals surface area contributed by atoms with E-state index in [0.29, 0.717) is 6.04 Å². The number of aromatic nitrogens is 1. The summed E-state index contributed by atoms with van der Waals surface area (Å²) in [7, 11) is 0. The molecule has 0 amide bonds. The highest BCUT2D eigenvalue weighted by Gasteiger charge is 2.16. The van der Waals surface area contributed by atoms with Gasteiger partial charge < -0.3 is 4.57 Å². The zero-order chi connectivity index (χ0) is 11.7. The number of hydrogen-bond acceptors (Lipinski definition) is 0. The van der Waals surface area contributed by atoms with Crippen LogP contribution in [0.25, 0.3) is 10.9 Å². The lowest BCUT2D eigenvalue weighted by atomic mass is 10.1. The molecule has 0 bridgehead atoms. The van der Waals surface area contributed by atoms with E-state index >= 15 is 0 Å². The summed E-state index contributed by atoms with van der Waals surface area (Å²) in [5.41, 5.74) is 1.22. The third-order valence-electron chi connectivity index (χ3n) is 3.91. The smallest absolute Gasteiger partial charge is 0.0672 e. The van der Waals surface area contributed by atoms with Crippen molar-refractivity contribution < 1.29 is 0 Å². The van der Waals surface area contributed by atoms with Crippen LogP contribution in [0.5, 0.6) is 0 Å². The Morgan fingerprint density at radius 3 is 2.53 bits per heavy atom. The molecule has 1 aromatic heterocycles. The van der Waals surface area contributed by atoms with Crippen LogP contribution in [0.15, 0.2) is 30.5 Å². The Morgan fingerprint density at radius 2 is 1.76 bits per heavy atom. The predicted octanol–water partition coefficient (Wildman–Crippen LogP) is 5.19. The van der Waals surface area contributed by atoms with Gasteiger partial charge in [0.2, 0.25) is 0 Å². The van der Waals surface area contributed by atoms with E-state index < -0.39 is 0 Å². The molecule has 0 saturated heterocycles. The van der Waals surface area contributed by atoms with Gasteiger partial charge in [0.05, 0.1) is 10.5 Å². The molecule has 0 aliphatic heterocycles. The average molecular weight is 248 g/mol. The Kier molecular flexibility index (Phi) is 3.11. The first-order valence-corrected chi connectivity index (χ1v) is 6.99. The molecular formula is C15H18ClN. The number of rotatable bonds is 1. The molecule has 0 unspecified atom stereocenters. The Hall–Kier alpha value is -0.950. The van der Waals surface area contributed by atoms with Gasteiger partial charge in [0.15, 0.2) is 0 Å². The molecule has 3 rings (SSSR count). The maximum atomic E-state index is 6.34. The van der Waals surface area contributed by atoms with Gasteiger partial charge in [-0.15, -0.1) is 0 Å². The lowest BCUT2D eigenvalue weighted by molar-refractivity contribution is 0.456. The topological polar surface area (TPSA) is 4.93 Å². The highest BCUT2D eigenvalue weighted by Crippen LogP contribution is 2.33. The van der Waals surface area contributed by atoms with E-state index in [2.05, 4.69) is 22.9 Å². The standard InChI is InChI=1S/C15H18ClN/c16-14-9-5-6-12-10-11-17(15(12)14)13-7-3-1-2-4-8-13/h5-6,9-11,13H,1-4,7-8H2. The van der Waals surface area contributed by atoms with E-state index in [1.807, 2.05) is 12.1 Å². The summed E-state index contributed by atoms with van der Waals surface area (Å²) in [4.78, 5) is 0. The zero-order valence-electron chi connectivity index (χ0n) is 10.0. The Balaban J connectivity index is 2.04. The van der Waals surface area contributed by atoms with E-state index in [1.165, 1.54) is 49.4 Å². The third-order valence-corrected chi connectivity index (χ3v) is 4.21. The highest BCUT2D eigenvalue weighted by atomic mass is 35.5. The summed E-state index contributed by atoms with van der Waals surface area (Å²) in [6, 6.07) is 9.01. The van der Waals surface area contributed by atoms with Crippen LogP contribution < -0.4 is 0 Å². The minimum absolute atomic E-state index is 0.648. The lowest BCUT2D eigenvalue weighted by Crippen LogP contribution is -2.06. The van der Waals surface area contributed by atoms with Crippen molar-refractivity contribution >= 4 is 22.5 Å². The van der Waals surface area contributed by atoms with Gasteiger partial charge in [-0.25, -0.2) is 0 Å². The molecule has 2 aromatic rings. The normalized spacial score (nSPS) is 18.4. The van der Waals surface area contributed by atoms with Crippen LogP contribution in [0, 0.1) is 0 Å². The van der Waals surface area contributed by atoms with Gasteiger partial charge in [0.25, 0.3) is 0 Å². The maximum absolute atomic E-state index is 6.34. The van der Waals surface area contributed by atoms with Gasteiger partial charge in [-0.3, -0.25) is 0 Å². The fraction of sp³-hybridized carbons (Fsp3) is 0.467. The van der Waals surface area contributed by atoms with E-state index in [9.17, 15) is 0 Å². The number of halogens is 1. The number of para-hydroxylation sites is 1.